The first-order chi connectivity index (χ1) is 22.9. The Morgan fingerprint density at radius 1 is 0.854 bits per heavy atom. The Balaban J connectivity index is 1.60. The number of hydrogen-bond donors (Lipinski definition) is 1. The summed E-state index contributed by atoms with van der Waals surface area (Å²) in [5.74, 6) is -1.21. The van der Waals surface area contributed by atoms with E-state index in [0.29, 0.717) is 21.0 Å². The summed E-state index contributed by atoms with van der Waals surface area (Å²) >= 11 is 6.52. The zero-order valence-corrected chi connectivity index (χ0v) is 27.5. The number of nitrogens with zero attached hydrogens (tertiary/aromatic N) is 2. The Labute approximate surface area is 283 Å². The number of nitrogens with one attached hydrogen (secondary N) is 1. The molecular weight excluding hydrogens is 663 g/mol. The number of rotatable bonds is 12. The van der Waals surface area contributed by atoms with Crippen LogP contribution in [0.25, 0.3) is 0 Å². The molecule has 4 aromatic rings. The minimum absolute atomic E-state index is 0.0758. The minimum Gasteiger partial charge on any atom is -0.352 e. The van der Waals surface area contributed by atoms with Crippen LogP contribution in [0.1, 0.15) is 42.4 Å². The van der Waals surface area contributed by atoms with E-state index in [4.69, 9.17) is 11.6 Å². The van der Waals surface area contributed by atoms with E-state index in [1.165, 1.54) is 35.2 Å². The number of carbonyl (C=O) groups is 2. The number of hydrogen-bond acceptors (Lipinski definition) is 4. The minimum atomic E-state index is -4.77. The number of sulfonamides is 1. The summed E-state index contributed by atoms with van der Waals surface area (Å²) in [6.07, 6.45) is -1.16. The van der Waals surface area contributed by atoms with Crippen LogP contribution in [-0.2, 0) is 38.8 Å². The van der Waals surface area contributed by atoms with Gasteiger partial charge in [0.05, 0.1) is 16.1 Å². The van der Waals surface area contributed by atoms with Gasteiger partial charge in [-0.3, -0.25) is 13.9 Å². The second-order valence-corrected chi connectivity index (χ2v) is 14.0. The monoisotopic (exact) mass is 697 g/mol. The van der Waals surface area contributed by atoms with E-state index < -0.39 is 46.2 Å². The van der Waals surface area contributed by atoms with Crippen molar-refractivity contribution in [2.75, 3.05) is 10.8 Å². The van der Waals surface area contributed by atoms with Crippen LogP contribution in [0.2, 0.25) is 5.02 Å². The Morgan fingerprint density at radius 2 is 1.48 bits per heavy atom. The average molecular weight is 698 g/mol. The lowest BCUT2D eigenvalue weighted by atomic mass is 10.0. The van der Waals surface area contributed by atoms with Crippen LogP contribution in [0.3, 0.4) is 0 Å². The van der Waals surface area contributed by atoms with E-state index in [9.17, 15) is 31.2 Å². The van der Waals surface area contributed by atoms with E-state index in [-0.39, 0.29) is 29.6 Å². The fourth-order valence-corrected chi connectivity index (χ4v) is 7.44. The van der Waals surface area contributed by atoms with Crippen LogP contribution in [0.4, 0.5) is 18.9 Å². The SMILES string of the molecule is O=C(NC1CCCC1)[C@@H](Cc1ccccc1)N(Cc1ccccc1Cl)C(=O)CN(c1cccc(C(F)(F)F)c1)S(=O)(=O)c1ccccc1. The predicted octanol–water partition coefficient (Wildman–Crippen LogP) is 7.25. The molecule has 0 spiro atoms. The van der Waals surface area contributed by atoms with Gasteiger partial charge in [-0.15, -0.1) is 0 Å². The Hall–Kier alpha value is -4.35. The molecule has 12 heteroatoms. The highest BCUT2D eigenvalue weighted by atomic mass is 35.5. The zero-order valence-electron chi connectivity index (χ0n) is 25.9. The third-order valence-corrected chi connectivity index (χ3v) is 10.5. The van der Waals surface area contributed by atoms with Crippen molar-refractivity contribution < 1.29 is 31.2 Å². The molecule has 0 heterocycles. The predicted molar refractivity (Wildman–Crippen MR) is 179 cm³/mol. The number of halogens is 4. The molecule has 7 nitrogen and oxygen atoms in total. The first kappa shape index (κ1) is 35.0. The maximum atomic E-state index is 14.6. The van der Waals surface area contributed by atoms with Gasteiger partial charge in [-0.05, 0) is 60.4 Å². The molecule has 0 saturated heterocycles. The van der Waals surface area contributed by atoms with E-state index in [1.807, 2.05) is 30.3 Å². The maximum absolute atomic E-state index is 14.6. The van der Waals surface area contributed by atoms with Crippen LogP contribution in [0.5, 0.6) is 0 Å². The molecule has 1 aliphatic carbocycles. The van der Waals surface area contributed by atoms with Gasteiger partial charge in [-0.1, -0.05) is 97.2 Å². The molecule has 0 bridgehead atoms. The summed E-state index contributed by atoms with van der Waals surface area (Å²) in [5, 5.41) is 3.41. The number of benzene rings is 4. The van der Waals surface area contributed by atoms with Gasteiger partial charge in [0.2, 0.25) is 11.8 Å². The van der Waals surface area contributed by atoms with Gasteiger partial charge >= 0.3 is 6.18 Å². The van der Waals surface area contributed by atoms with Gasteiger partial charge in [0.1, 0.15) is 12.6 Å². The average Bonchev–Trinajstić information content (AvgIpc) is 3.59. The van der Waals surface area contributed by atoms with Crippen molar-refractivity contribution in [2.24, 2.45) is 0 Å². The van der Waals surface area contributed by atoms with Crippen molar-refractivity contribution in [1.29, 1.82) is 0 Å². The molecule has 0 unspecified atom stereocenters. The van der Waals surface area contributed by atoms with Crippen molar-refractivity contribution in [1.82, 2.24) is 10.2 Å². The molecule has 4 aromatic carbocycles. The van der Waals surface area contributed by atoms with E-state index in [2.05, 4.69) is 5.32 Å². The van der Waals surface area contributed by atoms with Crippen molar-refractivity contribution >= 4 is 39.1 Å². The molecule has 0 aromatic heterocycles. The summed E-state index contributed by atoms with van der Waals surface area (Å²) in [7, 11) is -4.56. The number of amides is 2. The summed E-state index contributed by atoms with van der Waals surface area (Å²) < 4.78 is 70.2. The van der Waals surface area contributed by atoms with Crippen molar-refractivity contribution in [3.05, 3.63) is 131 Å². The highest BCUT2D eigenvalue weighted by Gasteiger charge is 2.37. The lowest BCUT2D eigenvalue weighted by Gasteiger charge is -2.34. The standard InChI is InChI=1S/C36H35ClF3N3O4S/c37-32-21-10-7-14-27(32)24-42(33(22-26-12-3-1-4-13-26)35(45)41-29-16-8-9-17-29)34(44)25-43(48(46,47)31-19-5-2-6-20-31)30-18-11-15-28(23-30)36(38,39)40/h1-7,10-15,18-21,23,29,33H,8-9,16-17,22,24-25H2,(H,41,45)/t33-/m1/s1. The molecular formula is C36H35ClF3N3O4S. The molecule has 1 saturated carbocycles. The molecule has 5 rings (SSSR count). The fourth-order valence-electron chi connectivity index (χ4n) is 5.82. The quantitative estimate of drug-likeness (QED) is 0.169. The van der Waals surface area contributed by atoms with Crippen LogP contribution in [0, 0.1) is 0 Å². The van der Waals surface area contributed by atoms with Gasteiger partial charge in [-0.25, -0.2) is 8.42 Å². The molecule has 0 radical (unpaired) electrons. The largest absolute Gasteiger partial charge is 0.416 e. The third kappa shape index (κ3) is 8.56. The van der Waals surface area contributed by atoms with Gasteiger partial charge < -0.3 is 10.2 Å². The lowest BCUT2D eigenvalue weighted by molar-refractivity contribution is -0.140. The number of alkyl halides is 3. The molecule has 1 fully saturated rings. The van der Waals surface area contributed by atoms with E-state index in [0.717, 1.165) is 43.4 Å². The van der Waals surface area contributed by atoms with Gasteiger partial charge in [0, 0.05) is 24.0 Å². The first-order valence-electron chi connectivity index (χ1n) is 15.6. The second kappa shape index (κ2) is 15.3. The normalized spacial score (nSPS) is 14.3. The lowest BCUT2D eigenvalue weighted by Crippen LogP contribution is -2.54. The molecule has 48 heavy (non-hydrogen) atoms. The van der Waals surface area contributed by atoms with Gasteiger partial charge in [-0.2, -0.15) is 13.2 Å². The van der Waals surface area contributed by atoms with Crippen molar-refractivity contribution in [3.8, 4) is 0 Å². The maximum Gasteiger partial charge on any atom is 0.416 e. The first-order valence-corrected chi connectivity index (χ1v) is 17.4. The molecule has 1 aliphatic rings. The molecule has 0 aliphatic heterocycles. The smallest absolute Gasteiger partial charge is 0.352 e. The van der Waals surface area contributed by atoms with Crippen LogP contribution in [-0.4, -0.2) is 43.8 Å². The number of anilines is 1. The highest BCUT2D eigenvalue weighted by molar-refractivity contribution is 7.92. The van der Waals surface area contributed by atoms with Crippen LogP contribution < -0.4 is 9.62 Å². The van der Waals surface area contributed by atoms with E-state index in [1.54, 1.807) is 30.3 Å². The van der Waals surface area contributed by atoms with E-state index >= 15 is 0 Å². The Morgan fingerprint density at radius 3 is 2.12 bits per heavy atom. The summed E-state index contributed by atoms with van der Waals surface area (Å²) in [6.45, 7) is -1.04. The van der Waals surface area contributed by atoms with Crippen LogP contribution >= 0.6 is 11.6 Å². The molecule has 1 N–H and O–H groups in total. The Bertz CT molecular complexity index is 1820. The molecule has 1 atom stereocenters. The second-order valence-electron chi connectivity index (χ2n) is 11.7. The fraction of sp³-hybridized carbons (Fsp3) is 0.278. The summed E-state index contributed by atoms with van der Waals surface area (Å²) in [4.78, 5) is 29.7. The Kier molecular flexibility index (Phi) is 11.1. The molecule has 252 valence electrons. The highest BCUT2D eigenvalue weighted by Crippen LogP contribution is 2.33. The van der Waals surface area contributed by atoms with Gasteiger partial charge in [0.15, 0.2) is 0 Å². The van der Waals surface area contributed by atoms with Gasteiger partial charge in [0.25, 0.3) is 10.0 Å². The van der Waals surface area contributed by atoms with Crippen LogP contribution in [0.15, 0.2) is 114 Å². The topological polar surface area (TPSA) is 86.8 Å². The third-order valence-electron chi connectivity index (χ3n) is 8.34. The zero-order chi connectivity index (χ0) is 34.3. The summed E-state index contributed by atoms with van der Waals surface area (Å²) in [6, 6.07) is 25.7. The molecule has 2 amide bonds. The summed E-state index contributed by atoms with van der Waals surface area (Å²) in [5.41, 5.74) is -0.162. The number of carbonyl (C=O) groups excluding carboxylic acids is 2. The van der Waals surface area contributed by atoms with Crippen molar-refractivity contribution in [3.63, 3.8) is 0 Å². The van der Waals surface area contributed by atoms with Crippen molar-refractivity contribution in [2.45, 2.75) is 61.8 Å².